The molecule has 3 fully saturated rings. The van der Waals surface area contributed by atoms with Crippen molar-refractivity contribution in [1.82, 2.24) is 14.3 Å². The number of halogens is 1. The summed E-state index contributed by atoms with van der Waals surface area (Å²) >= 11 is 1.42. The summed E-state index contributed by atoms with van der Waals surface area (Å²) < 4.78 is 17.6. The molecule has 32 heavy (non-hydrogen) atoms. The zero-order valence-electron chi connectivity index (χ0n) is 19.3. The summed E-state index contributed by atoms with van der Waals surface area (Å²) in [6.45, 7) is 9.72. The van der Waals surface area contributed by atoms with Crippen LogP contribution >= 0.6 is 11.5 Å². The van der Waals surface area contributed by atoms with Crippen LogP contribution in [0.2, 0.25) is 0 Å². The van der Waals surface area contributed by atoms with Crippen LogP contribution in [-0.2, 0) is 11.2 Å². The van der Waals surface area contributed by atoms with Crippen LogP contribution in [0.5, 0.6) is 0 Å². The molecule has 0 N–H and O–H groups in total. The zero-order chi connectivity index (χ0) is 22.5. The minimum absolute atomic E-state index is 0.129. The molecule has 1 saturated carbocycles. The van der Waals surface area contributed by atoms with Crippen molar-refractivity contribution in [3.63, 3.8) is 0 Å². The Morgan fingerprint density at radius 2 is 1.88 bits per heavy atom. The summed E-state index contributed by atoms with van der Waals surface area (Å²) in [6, 6.07) is 6.93. The zero-order valence-corrected chi connectivity index (χ0v) is 20.1. The van der Waals surface area contributed by atoms with Crippen LogP contribution in [0.25, 0.3) is 0 Å². The van der Waals surface area contributed by atoms with E-state index in [1.165, 1.54) is 36.5 Å². The Morgan fingerprint density at radius 3 is 2.59 bits per heavy atom. The molecule has 5 nitrogen and oxygen atoms in total. The smallest absolute Gasteiger partial charge is 0.226 e. The SMILES string of the molecule is CC1(C)CC2CC(C)(CN2C(=O)C2CCN(c3nc(Cc4ccc(F)cc4)ns3)CC2)C1. The second kappa shape index (κ2) is 8.08. The van der Waals surface area contributed by atoms with E-state index < -0.39 is 0 Å². The van der Waals surface area contributed by atoms with Gasteiger partial charge in [-0.05, 0) is 60.6 Å². The van der Waals surface area contributed by atoms with E-state index in [9.17, 15) is 9.18 Å². The molecule has 3 aliphatic rings. The molecule has 2 bridgehead atoms. The van der Waals surface area contributed by atoms with Crippen molar-refractivity contribution >= 4 is 22.6 Å². The lowest BCUT2D eigenvalue weighted by molar-refractivity contribution is -0.137. The molecule has 1 aromatic heterocycles. The maximum atomic E-state index is 13.4. The Kier molecular flexibility index (Phi) is 5.51. The van der Waals surface area contributed by atoms with Crippen LogP contribution < -0.4 is 4.90 Å². The predicted octanol–water partition coefficient (Wildman–Crippen LogP) is 4.91. The Morgan fingerprint density at radius 1 is 1.16 bits per heavy atom. The van der Waals surface area contributed by atoms with Gasteiger partial charge in [0.2, 0.25) is 11.0 Å². The molecule has 2 atom stereocenters. The summed E-state index contributed by atoms with van der Waals surface area (Å²) in [5.41, 5.74) is 1.63. The molecule has 2 aliphatic heterocycles. The van der Waals surface area contributed by atoms with Gasteiger partial charge < -0.3 is 9.80 Å². The molecule has 7 heteroatoms. The number of likely N-dealkylation sites (tertiary alicyclic amines) is 1. The molecule has 1 aliphatic carbocycles. The number of benzene rings is 1. The third-order valence-electron chi connectivity index (χ3n) is 7.55. The van der Waals surface area contributed by atoms with Crippen molar-refractivity contribution in [2.24, 2.45) is 16.7 Å². The summed E-state index contributed by atoms with van der Waals surface area (Å²) in [7, 11) is 0. The molecular formula is C25H33FN4OS. The molecule has 0 radical (unpaired) electrons. The van der Waals surface area contributed by atoms with Crippen LogP contribution in [0.3, 0.4) is 0 Å². The lowest BCUT2D eigenvalue weighted by Crippen LogP contribution is -2.45. The number of amides is 1. The number of carbonyl (C=O) groups excluding carboxylic acids is 1. The van der Waals surface area contributed by atoms with Crippen molar-refractivity contribution in [2.75, 3.05) is 24.5 Å². The van der Waals surface area contributed by atoms with Crippen molar-refractivity contribution in [2.45, 2.75) is 65.3 Å². The summed E-state index contributed by atoms with van der Waals surface area (Å²) in [5.74, 6) is 1.05. The van der Waals surface area contributed by atoms with E-state index in [1.54, 1.807) is 12.1 Å². The van der Waals surface area contributed by atoms with Gasteiger partial charge >= 0.3 is 0 Å². The molecule has 172 valence electrons. The largest absolute Gasteiger partial charge is 0.347 e. The number of hydrogen-bond acceptors (Lipinski definition) is 5. The van der Waals surface area contributed by atoms with E-state index in [1.807, 2.05) is 0 Å². The van der Waals surface area contributed by atoms with Gasteiger partial charge in [-0.15, -0.1) is 0 Å². The van der Waals surface area contributed by atoms with E-state index in [2.05, 4.69) is 34.9 Å². The molecule has 1 amide bonds. The number of piperidine rings is 1. The second-order valence-corrected chi connectivity index (χ2v) is 12.0. The van der Waals surface area contributed by atoms with Gasteiger partial charge in [-0.25, -0.2) is 9.37 Å². The number of rotatable bonds is 4. The maximum absolute atomic E-state index is 13.4. The monoisotopic (exact) mass is 456 g/mol. The molecule has 2 saturated heterocycles. The fourth-order valence-electron chi connectivity index (χ4n) is 6.50. The lowest BCUT2D eigenvalue weighted by Gasteiger charge is -2.40. The van der Waals surface area contributed by atoms with E-state index in [4.69, 9.17) is 4.98 Å². The number of anilines is 1. The summed E-state index contributed by atoms with van der Waals surface area (Å²) in [5, 5.41) is 0.930. The number of fused-ring (bicyclic) bond motifs is 2. The average Bonchev–Trinajstić information content (AvgIpc) is 3.30. The van der Waals surface area contributed by atoms with E-state index in [0.29, 0.717) is 23.8 Å². The van der Waals surface area contributed by atoms with Crippen LogP contribution in [0.1, 0.15) is 64.3 Å². The Bertz CT molecular complexity index is 982. The minimum atomic E-state index is -0.228. The van der Waals surface area contributed by atoms with Gasteiger partial charge in [0.15, 0.2) is 0 Å². The Labute approximate surface area is 194 Å². The third-order valence-corrected chi connectivity index (χ3v) is 8.36. The topological polar surface area (TPSA) is 49.3 Å². The van der Waals surface area contributed by atoms with Crippen LogP contribution in [0.15, 0.2) is 24.3 Å². The second-order valence-electron chi connectivity index (χ2n) is 11.2. The van der Waals surface area contributed by atoms with Crippen LogP contribution in [0, 0.1) is 22.6 Å². The lowest BCUT2D eigenvalue weighted by atomic mass is 9.65. The predicted molar refractivity (Wildman–Crippen MR) is 125 cm³/mol. The van der Waals surface area contributed by atoms with Gasteiger partial charge in [-0.3, -0.25) is 4.79 Å². The van der Waals surface area contributed by atoms with Gasteiger partial charge in [-0.1, -0.05) is 32.9 Å². The van der Waals surface area contributed by atoms with E-state index in [-0.39, 0.29) is 17.2 Å². The van der Waals surface area contributed by atoms with Gasteiger partial charge in [0, 0.05) is 49.5 Å². The molecule has 2 aromatic rings. The molecule has 3 heterocycles. The summed E-state index contributed by atoms with van der Waals surface area (Å²) in [4.78, 5) is 22.6. The number of nitrogens with zero attached hydrogens (tertiary/aromatic N) is 4. The van der Waals surface area contributed by atoms with Crippen molar-refractivity contribution in [1.29, 1.82) is 0 Å². The van der Waals surface area contributed by atoms with Gasteiger partial charge in [0.1, 0.15) is 11.6 Å². The van der Waals surface area contributed by atoms with Crippen molar-refractivity contribution in [3.8, 4) is 0 Å². The normalized spacial score (nSPS) is 27.7. The highest BCUT2D eigenvalue weighted by Crippen LogP contribution is 2.52. The first-order valence-corrected chi connectivity index (χ1v) is 12.6. The number of hydrogen-bond donors (Lipinski definition) is 0. The van der Waals surface area contributed by atoms with Crippen LogP contribution in [0.4, 0.5) is 9.52 Å². The highest BCUT2D eigenvalue weighted by Gasteiger charge is 2.51. The molecule has 5 rings (SSSR count). The quantitative estimate of drug-likeness (QED) is 0.656. The fraction of sp³-hybridized carbons (Fsp3) is 0.640. The number of carbonyl (C=O) groups is 1. The maximum Gasteiger partial charge on any atom is 0.226 e. The van der Waals surface area contributed by atoms with E-state index >= 15 is 0 Å². The van der Waals surface area contributed by atoms with Gasteiger partial charge in [0.05, 0.1) is 0 Å². The summed E-state index contributed by atoms with van der Waals surface area (Å²) in [6.07, 6.45) is 5.90. The third kappa shape index (κ3) is 4.41. The standard InChI is InChI=1S/C25H33FN4OS/c1-24(2)13-20-14-25(3,15-24)16-30(20)22(31)18-8-10-29(11-9-18)23-27-21(28-32-23)12-17-4-6-19(26)7-5-17/h4-7,18,20H,8-16H2,1-3H3. The van der Waals surface area contributed by atoms with Crippen LogP contribution in [-0.4, -0.2) is 45.8 Å². The van der Waals surface area contributed by atoms with Gasteiger partial charge in [-0.2, -0.15) is 4.37 Å². The molecular weight excluding hydrogens is 423 g/mol. The minimum Gasteiger partial charge on any atom is -0.347 e. The Balaban J connectivity index is 1.17. The van der Waals surface area contributed by atoms with E-state index in [0.717, 1.165) is 55.4 Å². The highest BCUT2D eigenvalue weighted by atomic mass is 32.1. The average molecular weight is 457 g/mol. The first kappa shape index (κ1) is 21.8. The molecule has 0 spiro atoms. The first-order chi connectivity index (χ1) is 15.2. The first-order valence-electron chi connectivity index (χ1n) is 11.8. The fourth-order valence-corrected chi connectivity index (χ4v) is 7.24. The molecule has 1 aromatic carbocycles. The highest BCUT2D eigenvalue weighted by molar-refractivity contribution is 7.09. The van der Waals surface area contributed by atoms with Crippen molar-refractivity contribution < 1.29 is 9.18 Å². The Hall–Kier alpha value is -2.02. The molecule has 2 unspecified atom stereocenters. The van der Waals surface area contributed by atoms with Crippen molar-refractivity contribution in [3.05, 3.63) is 41.5 Å². The number of aromatic nitrogens is 2. The van der Waals surface area contributed by atoms with Gasteiger partial charge in [0.25, 0.3) is 0 Å².